The lowest BCUT2D eigenvalue weighted by atomic mass is 10.1. The van der Waals surface area contributed by atoms with Gasteiger partial charge >= 0.3 is 0 Å². The number of nitrogen functional groups attached to an aromatic ring is 1. The van der Waals surface area contributed by atoms with E-state index in [0.717, 1.165) is 21.4 Å². The quantitative estimate of drug-likeness (QED) is 0.826. The third-order valence-electron chi connectivity index (χ3n) is 2.67. The van der Waals surface area contributed by atoms with Crippen molar-refractivity contribution in [3.8, 4) is 6.07 Å². The molecule has 0 fully saturated rings. The van der Waals surface area contributed by atoms with Crippen LogP contribution >= 0.6 is 15.9 Å². The maximum absolute atomic E-state index is 9.16. The summed E-state index contributed by atoms with van der Waals surface area (Å²) < 4.78 is 0.926. The van der Waals surface area contributed by atoms with Gasteiger partial charge in [0, 0.05) is 4.47 Å². The topological polar surface area (TPSA) is 61.8 Å². The molecule has 0 unspecified atom stereocenters. The smallest absolute Gasteiger partial charge is 0.102 e. The number of nitrogens with one attached hydrogen (secondary N) is 1. The Morgan fingerprint density at radius 1 is 1.22 bits per heavy atom. The van der Waals surface area contributed by atoms with Crippen LogP contribution < -0.4 is 11.1 Å². The Bertz CT molecular complexity index is 629. The highest BCUT2D eigenvalue weighted by molar-refractivity contribution is 9.10. The van der Waals surface area contributed by atoms with Crippen molar-refractivity contribution in [3.63, 3.8) is 0 Å². The van der Waals surface area contributed by atoms with Crippen LogP contribution in [-0.4, -0.2) is 0 Å². The summed E-state index contributed by atoms with van der Waals surface area (Å²) >= 11 is 3.36. The molecule has 0 saturated carbocycles. The molecule has 0 spiro atoms. The molecule has 2 rings (SSSR count). The van der Waals surface area contributed by atoms with Crippen LogP contribution in [0, 0.1) is 18.3 Å². The monoisotopic (exact) mass is 301 g/mol. The van der Waals surface area contributed by atoms with E-state index in [4.69, 9.17) is 11.0 Å². The number of halogens is 1. The predicted octanol–water partition coefficient (Wildman–Crippen LogP) is 3.96. The summed E-state index contributed by atoms with van der Waals surface area (Å²) in [6.07, 6.45) is 0. The summed E-state index contributed by atoms with van der Waals surface area (Å²) in [6.45, 7) is 1.91. The molecule has 3 nitrogen and oxygen atoms in total. The van der Waals surface area contributed by atoms with Crippen LogP contribution in [0.3, 0.4) is 0 Å². The standard InChI is InChI=1S/C14H12BrN3/c1-9-3-2-4-13(11(9)8-16)18-14-6-5-10(15)7-12(14)17/h2-7,18H,17H2,1H3. The van der Waals surface area contributed by atoms with E-state index in [-0.39, 0.29) is 0 Å². The number of nitrogens with two attached hydrogens (primary N) is 1. The van der Waals surface area contributed by atoms with E-state index >= 15 is 0 Å². The number of hydrogen-bond donors (Lipinski definition) is 2. The second-order valence-electron chi connectivity index (χ2n) is 3.97. The number of hydrogen-bond acceptors (Lipinski definition) is 3. The fourth-order valence-electron chi connectivity index (χ4n) is 1.71. The zero-order valence-electron chi connectivity index (χ0n) is 9.87. The molecule has 0 aliphatic heterocycles. The van der Waals surface area contributed by atoms with Crippen LogP contribution in [0.1, 0.15) is 11.1 Å². The normalized spacial score (nSPS) is 9.83. The van der Waals surface area contributed by atoms with Crippen molar-refractivity contribution in [2.45, 2.75) is 6.92 Å². The Morgan fingerprint density at radius 2 is 2.00 bits per heavy atom. The molecular formula is C14H12BrN3. The van der Waals surface area contributed by atoms with Gasteiger partial charge in [0.25, 0.3) is 0 Å². The molecule has 0 saturated heterocycles. The first-order chi connectivity index (χ1) is 8.61. The minimum atomic E-state index is 0.634. The lowest BCUT2D eigenvalue weighted by Crippen LogP contribution is -1.99. The second kappa shape index (κ2) is 5.11. The Morgan fingerprint density at radius 3 is 2.67 bits per heavy atom. The highest BCUT2D eigenvalue weighted by Gasteiger charge is 2.06. The van der Waals surface area contributed by atoms with E-state index < -0.39 is 0 Å². The van der Waals surface area contributed by atoms with Crippen molar-refractivity contribution in [1.29, 1.82) is 5.26 Å². The van der Waals surface area contributed by atoms with Gasteiger partial charge < -0.3 is 11.1 Å². The van der Waals surface area contributed by atoms with Gasteiger partial charge in [0.05, 0.1) is 22.6 Å². The molecule has 90 valence electrons. The summed E-state index contributed by atoms with van der Waals surface area (Å²) in [5.41, 5.74) is 9.70. The van der Waals surface area contributed by atoms with Gasteiger partial charge in [-0.15, -0.1) is 0 Å². The van der Waals surface area contributed by atoms with Crippen LogP contribution in [0.2, 0.25) is 0 Å². The summed E-state index contributed by atoms with van der Waals surface area (Å²) in [7, 11) is 0. The van der Waals surface area contributed by atoms with Crippen molar-refractivity contribution in [1.82, 2.24) is 0 Å². The molecule has 0 aliphatic rings. The number of aryl methyl sites for hydroxylation is 1. The molecule has 0 heterocycles. The van der Waals surface area contributed by atoms with E-state index in [9.17, 15) is 0 Å². The molecule has 2 aromatic rings. The van der Waals surface area contributed by atoms with E-state index in [2.05, 4.69) is 27.3 Å². The maximum Gasteiger partial charge on any atom is 0.102 e. The van der Waals surface area contributed by atoms with E-state index in [1.54, 1.807) is 0 Å². The Hall–Kier alpha value is -1.99. The first-order valence-electron chi connectivity index (χ1n) is 5.43. The highest BCUT2D eigenvalue weighted by Crippen LogP contribution is 2.28. The van der Waals surface area contributed by atoms with Crippen molar-refractivity contribution in [3.05, 3.63) is 52.0 Å². The molecular weight excluding hydrogens is 290 g/mol. The summed E-state index contributed by atoms with van der Waals surface area (Å²) in [5, 5.41) is 12.4. The zero-order valence-corrected chi connectivity index (χ0v) is 11.5. The van der Waals surface area contributed by atoms with Crippen molar-refractivity contribution in [2.75, 3.05) is 11.1 Å². The molecule has 4 heteroatoms. The zero-order chi connectivity index (χ0) is 13.1. The minimum Gasteiger partial charge on any atom is -0.397 e. The largest absolute Gasteiger partial charge is 0.397 e. The molecule has 3 N–H and O–H groups in total. The fourth-order valence-corrected chi connectivity index (χ4v) is 2.09. The van der Waals surface area contributed by atoms with Gasteiger partial charge in [-0.25, -0.2) is 0 Å². The first-order valence-corrected chi connectivity index (χ1v) is 6.23. The van der Waals surface area contributed by atoms with E-state index in [1.807, 2.05) is 43.3 Å². The minimum absolute atomic E-state index is 0.634. The highest BCUT2D eigenvalue weighted by atomic mass is 79.9. The number of benzene rings is 2. The molecule has 0 aromatic heterocycles. The third-order valence-corrected chi connectivity index (χ3v) is 3.16. The molecule has 0 radical (unpaired) electrons. The molecule has 18 heavy (non-hydrogen) atoms. The number of anilines is 3. The second-order valence-corrected chi connectivity index (χ2v) is 4.88. The maximum atomic E-state index is 9.16. The van der Waals surface area contributed by atoms with Crippen LogP contribution in [0.25, 0.3) is 0 Å². The lowest BCUT2D eigenvalue weighted by molar-refractivity contribution is 1.38. The molecule has 2 aromatic carbocycles. The van der Waals surface area contributed by atoms with Crippen LogP contribution in [0.4, 0.5) is 17.1 Å². The van der Waals surface area contributed by atoms with Crippen molar-refractivity contribution < 1.29 is 0 Å². The van der Waals surface area contributed by atoms with Gasteiger partial charge in [0.15, 0.2) is 0 Å². The first kappa shape index (κ1) is 12.5. The average Bonchev–Trinajstić information content (AvgIpc) is 2.33. The summed E-state index contributed by atoms with van der Waals surface area (Å²) in [5.74, 6) is 0. The van der Waals surface area contributed by atoms with Gasteiger partial charge in [0.1, 0.15) is 6.07 Å². The molecule has 0 bridgehead atoms. The number of nitrogens with zero attached hydrogens (tertiary/aromatic N) is 1. The molecule has 0 amide bonds. The van der Waals surface area contributed by atoms with Crippen LogP contribution in [0.5, 0.6) is 0 Å². The average molecular weight is 302 g/mol. The predicted molar refractivity (Wildman–Crippen MR) is 77.7 cm³/mol. The van der Waals surface area contributed by atoms with Crippen LogP contribution in [-0.2, 0) is 0 Å². The molecule has 0 atom stereocenters. The Balaban J connectivity index is 2.41. The van der Waals surface area contributed by atoms with Gasteiger partial charge in [-0.3, -0.25) is 0 Å². The summed E-state index contributed by atoms with van der Waals surface area (Å²) in [6, 6.07) is 13.5. The van der Waals surface area contributed by atoms with Gasteiger partial charge in [-0.2, -0.15) is 5.26 Å². The Kier molecular flexibility index (Phi) is 3.54. The van der Waals surface area contributed by atoms with Gasteiger partial charge in [-0.05, 0) is 36.8 Å². The van der Waals surface area contributed by atoms with E-state index in [1.165, 1.54) is 0 Å². The van der Waals surface area contributed by atoms with Gasteiger partial charge in [-0.1, -0.05) is 28.1 Å². The number of nitriles is 1. The SMILES string of the molecule is Cc1cccc(Nc2ccc(Br)cc2N)c1C#N. The number of rotatable bonds is 2. The summed E-state index contributed by atoms with van der Waals surface area (Å²) in [4.78, 5) is 0. The Labute approximate surface area is 114 Å². The van der Waals surface area contributed by atoms with Crippen LogP contribution in [0.15, 0.2) is 40.9 Å². The third kappa shape index (κ3) is 2.47. The van der Waals surface area contributed by atoms with Crippen molar-refractivity contribution >= 4 is 33.0 Å². The fraction of sp³-hybridized carbons (Fsp3) is 0.0714. The van der Waals surface area contributed by atoms with Crippen molar-refractivity contribution in [2.24, 2.45) is 0 Å². The lowest BCUT2D eigenvalue weighted by Gasteiger charge is -2.12. The van der Waals surface area contributed by atoms with E-state index in [0.29, 0.717) is 11.3 Å². The van der Waals surface area contributed by atoms with Gasteiger partial charge in [0.2, 0.25) is 0 Å². The molecule has 0 aliphatic carbocycles.